The van der Waals surface area contributed by atoms with E-state index in [4.69, 9.17) is 16.3 Å². The summed E-state index contributed by atoms with van der Waals surface area (Å²) in [5.74, 6) is -1.18. The minimum Gasteiger partial charge on any atom is -0.359 e. The quantitative estimate of drug-likeness (QED) is 0.465. The Bertz CT molecular complexity index is 1190. The molecule has 8 nitrogen and oxygen atoms in total. The van der Waals surface area contributed by atoms with Gasteiger partial charge < -0.3 is 25.2 Å². The molecule has 0 aromatic heterocycles. The molecular formula is C31H41ClN4O4. The zero-order valence-electron chi connectivity index (χ0n) is 23.5. The largest absolute Gasteiger partial charge is 0.359 e. The van der Waals surface area contributed by atoms with Gasteiger partial charge in [-0.3, -0.25) is 14.4 Å². The second-order valence-electron chi connectivity index (χ2n) is 12.5. The monoisotopic (exact) mass is 568 g/mol. The predicted molar refractivity (Wildman–Crippen MR) is 154 cm³/mol. The molecule has 2 N–H and O–H groups in total. The fourth-order valence-electron chi connectivity index (χ4n) is 7.82. The predicted octanol–water partition coefficient (Wildman–Crippen LogP) is 3.86. The molecule has 1 aliphatic carbocycles. The van der Waals surface area contributed by atoms with Crippen LogP contribution in [0.4, 0.5) is 5.69 Å². The SMILES string of the molecule is C[C@@H]1[C@H](C)CCC[C@@H]1NC(=O)[C@@H]1N(CCCN2CCCC2)C(=O)[C@H]2[C@@H](C(=O)Nc3cccc(Cl)c3)[C@H]3C=C[C@@]12O3. The summed E-state index contributed by atoms with van der Waals surface area (Å²) in [5, 5.41) is 6.79. The van der Waals surface area contributed by atoms with Crippen molar-refractivity contribution in [2.75, 3.05) is 31.5 Å². The van der Waals surface area contributed by atoms with Crippen molar-refractivity contribution < 1.29 is 19.1 Å². The lowest BCUT2D eigenvalue weighted by molar-refractivity contribution is -0.141. The first-order chi connectivity index (χ1) is 19.3. The molecule has 1 saturated carbocycles. The van der Waals surface area contributed by atoms with E-state index >= 15 is 0 Å². The molecule has 0 radical (unpaired) electrons. The van der Waals surface area contributed by atoms with Crippen molar-refractivity contribution >= 4 is 35.0 Å². The number of anilines is 1. The van der Waals surface area contributed by atoms with Crippen LogP contribution in [-0.2, 0) is 19.1 Å². The van der Waals surface area contributed by atoms with Gasteiger partial charge in [-0.15, -0.1) is 0 Å². The number of rotatable bonds is 8. The summed E-state index contributed by atoms with van der Waals surface area (Å²) in [6, 6.07) is 6.24. The number of ether oxygens (including phenoxy) is 1. The molecule has 4 fully saturated rings. The Morgan fingerprint density at radius 3 is 2.67 bits per heavy atom. The highest BCUT2D eigenvalue weighted by molar-refractivity contribution is 6.30. The highest BCUT2D eigenvalue weighted by atomic mass is 35.5. The Kier molecular flexibility index (Phi) is 7.70. The standard InChI is InChI=1S/C31H41ClN4O4/c1-19-8-5-11-23(20(19)2)34-29(38)27-31-13-12-24(40-31)25(28(37)33-22-10-6-9-21(32)18-22)26(31)30(39)36(27)17-7-16-35-14-3-4-15-35/h6,9-10,12-13,18-20,23-27H,3-5,7-8,11,14-17H2,1-2H3,(H,33,37)(H,34,38)/t19-,20-,23+,24-,25+,26-,27+,31+/m1/s1. The fourth-order valence-corrected chi connectivity index (χ4v) is 8.01. The second kappa shape index (κ2) is 11.1. The van der Waals surface area contributed by atoms with Crippen LogP contribution in [0.25, 0.3) is 0 Å². The van der Waals surface area contributed by atoms with Crippen LogP contribution in [0.5, 0.6) is 0 Å². The van der Waals surface area contributed by atoms with Crippen LogP contribution in [-0.4, -0.2) is 77.5 Å². The third-order valence-electron chi connectivity index (χ3n) is 10.1. The van der Waals surface area contributed by atoms with Crippen LogP contribution in [0.2, 0.25) is 5.02 Å². The van der Waals surface area contributed by atoms with Gasteiger partial charge in [0.15, 0.2) is 0 Å². The second-order valence-corrected chi connectivity index (χ2v) is 13.0. The molecule has 1 aromatic rings. The molecule has 5 aliphatic rings. The van der Waals surface area contributed by atoms with E-state index in [9.17, 15) is 14.4 Å². The van der Waals surface area contributed by atoms with E-state index in [1.807, 2.05) is 12.2 Å². The Hall–Kier alpha value is -2.42. The van der Waals surface area contributed by atoms with E-state index in [1.165, 1.54) is 19.3 Å². The van der Waals surface area contributed by atoms with Crippen molar-refractivity contribution in [2.24, 2.45) is 23.7 Å². The number of benzene rings is 1. The number of likely N-dealkylation sites (tertiary alicyclic amines) is 2. The van der Waals surface area contributed by atoms with Gasteiger partial charge >= 0.3 is 0 Å². The van der Waals surface area contributed by atoms with Crippen molar-refractivity contribution in [1.82, 2.24) is 15.1 Å². The normalized spacial score (nSPS) is 36.7. The fraction of sp³-hybridized carbons (Fsp3) is 0.645. The number of carbonyl (C=O) groups is 3. The highest BCUT2D eigenvalue weighted by Gasteiger charge is 2.72. The van der Waals surface area contributed by atoms with Gasteiger partial charge in [0, 0.05) is 23.3 Å². The van der Waals surface area contributed by atoms with E-state index < -0.39 is 29.6 Å². The number of halogens is 1. The Morgan fingerprint density at radius 2 is 1.90 bits per heavy atom. The van der Waals surface area contributed by atoms with Crippen LogP contribution in [0, 0.1) is 23.7 Å². The Morgan fingerprint density at radius 1 is 1.10 bits per heavy atom. The average molecular weight is 569 g/mol. The van der Waals surface area contributed by atoms with E-state index in [0.717, 1.165) is 38.9 Å². The van der Waals surface area contributed by atoms with Crippen LogP contribution in [0.15, 0.2) is 36.4 Å². The van der Waals surface area contributed by atoms with Crippen LogP contribution in [0.3, 0.4) is 0 Å². The summed E-state index contributed by atoms with van der Waals surface area (Å²) in [7, 11) is 0. The molecule has 4 aliphatic heterocycles. The molecule has 0 unspecified atom stereocenters. The lowest BCUT2D eigenvalue weighted by Gasteiger charge is -2.38. The van der Waals surface area contributed by atoms with Gasteiger partial charge in [-0.2, -0.15) is 0 Å². The Balaban J connectivity index is 1.26. The number of nitrogens with one attached hydrogen (secondary N) is 2. The van der Waals surface area contributed by atoms with Gasteiger partial charge in [0.05, 0.1) is 17.9 Å². The van der Waals surface area contributed by atoms with Crippen molar-refractivity contribution in [1.29, 1.82) is 0 Å². The van der Waals surface area contributed by atoms with Crippen LogP contribution in [0.1, 0.15) is 52.4 Å². The van der Waals surface area contributed by atoms with Crippen LogP contribution >= 0.6 is 11.6 Å². The molecule has 1 aromatic carbocycles. The van der Waals surface area contributed by atoms with E-state index in [2.05, 4.69) is 29.4 Å². The molecule has 8 atom stereocenters. The number of hydrogen-bond donors (Lipinski definition) is 2. The van der Waals surface area contributed by atoms with Gasteiger partial charge in [-0.25, -0.2) is 0 Å². The van der Waals surface area contributed by atoms with Gasteiger partial charge in [0.25, 0.3) is 0 Å². The van der Waals surface area contributed by atoms with Crippen molar-refractivity contribution in [3.05, 3.63) is 41.4 Å². The minimum atomic E-state index is -1.14. The Labute approximate surface area is 241 Å². The smallest absolute Gasteiger partial charge is 0.246 e. The molecular weight excluding hydrogens is 528 g/mol. The first-order valence-corrected chi connectivity index (χ1v) is 15.4. The van der Waals surface area contributed by atoms with Crippen molar-refractivity contribution in [3.8, 4) is 0 Å². The summed E-state index contributed by atoms with van der Waals surface area (Å²) in [4.78, 5) is 46.1. The lowest BCUT2D eigenvalue weighted by atomic mass is 9.73. The lowest BCUT2D eigenvalue weighted by Crippen LogP contribution is -2.58. The first kappa shape index (κ1) is 27.7. The molecule has 216 valence electrons. The maximum absolute atomic E-state index is 14.2. The number of nitrogens with zero attached hydrogens (tertiary/aromatic N) is 2. The maximum atomic E-state index is 14.2. The summed E-state index contributed by atoms with van der Waals surface area (Å²) in [6.45, 7) is 7.98. The third kappa shape index (κ3) is 4.86. The number of fused-ring (bicyclic) bond motifs is 1. The first-order valence-electron chi connectivity index (χ1n) is 15.1. The van der Waals surface area contributed by atoms with E-state index in [1.54, 1.807) is 29.2 Å². The molecule has 6 rings (SSSR count). The molecule has 3 saturated heterocycles. The van der Waals surface area contributed by atoms with Gasteiger partial charge in [-0.1, -0.05) is 56.5 Å². The zero-order valence-corrected chi connectivity index (χ0v) is 24.2. The molecule has 2 bridgehead atoms. The number of amides is 3. The summed E-state index contributed by atoms with van der Waals surface area (Å²) < 4.78 is 6.50. The van der Waals surface area contributed by atoms with Gasteiger partial charge in [0.1, 0.15) is 11.6 Å². The molecule has 40 heavy (non-hydrogen) atoms. The summed E-state index contributed by atoms with van der Waals surface area (Å²) in [6.07, 6.45) is 9.59. The topological polar surface area (TPSA) is 91.0 Å². The number of hydrogen-bond acceptors (Lipinski definition) is 5. The molecule has 1 spiro atoms. The van der Waals surface area contributed by atoms with Gasteiger partial charge in [0.2, 0.25) is 17.7 Å². The maximum Gasteiger partial charge on any atom is 0.246 e. The minimum absolute atomic E-state index is 0.0674. The average Bonchev–Trinajstić information content (AvgIpc) is 3.70. The summed E-state index contributed by atoms with van der Waals surface area (Å²) >= 11 is 6.13. The molecule has 4 heterocycles. The highest BCUT2D eigenvalue weighted by Crippen LogP contribution is 2.55. The third-order valence-corrected chi connectivity index (χ3v) is 10.4. The summed E-state index contributed by atoms with van der Waals surface area (Å²) in [5.41, 5.74) is -0.569. The van der Waals surface area contributed by atoms with Crippen molar-refractivity contribution in [2.45, 2.75) is 76.2 Å². The van der Waals surface area contributed by atoms with Gasteiger partial charge in [-0.05, 0) is 75.4 Å². The molecule has 9 heteroatoms. The number of carbonyl (C=O) groups excluding carboxylic acids is 3. The van der Waals surface area contributed by atoms with E-state index in [-0.39, 0.29) is 23.8 Å². The van der Waals surface area contributed by atoms with Crippen molar-refractivity contribution in [3.63, 3.8) is 0 Å². The van der Waals surface area contributed by atoms with Crippen LogP contribution < -0.4 is 10.6 Å². The van der Waals surface area contributed by atoms with E-state index in [0.29, 0.717) is 29.1 Å². The molecule has 3 amide bonds. The zero-order chi connectivity index (χ0) is 28.0.